The maximum Gasteiger partial charge on any atom is 0.331 e. The van der Waals surface area contributed by atoms with Gasteiger partial charge in [-0.1, -0.05) is 33.1 Å². The lowest BCUT2D eigenvalue weighted by Gasteiger charge is -2.22. The number of carbonyl (C=O) groups is 2. The standard InChI is InChI=1S/C14H23NO3/c1-10(2)9-18-13(16)8-12(14(15)17)11-6-4-3-5-7-11/h8,10-11H,3-7,9H2,1-2H3,(H2,15,17)/b12-8-. The summed E-state index contributed by atoms with van der Waals surface area (Å²) in [6.07, 6.45) is 6.55. The summed E-state index contributed by atoms with van der Waals surface area (Å²) < 4.78 is 5.05. The molecule has 0 atom stereocenters. The molecule has 0 aliphatic heterocycles. The Morgan fingerprint density at radius 2 is 1.89 bits per heavy atom. The lowest BCUT2D eigenvalue weighted by Crippen LogP contribution is -2.24. The molecule has 1 amide bonds. The van der Waals surface area contributed by atoms with Gasteiger partial charge in [-0.2, -0.15) is 0 Å². The van der Waals surface area contributed by atoms with Crippen molar-refractivity contribution in [2.45, 2.75) is 46.0 Å². The van der Waals surface area contributed by atoms with Gasteiger partial charge < -0.3 is 10.5 Å². The van der Waals surface area contributed by atoms with Crippen LogP contribution in [0.25, 0.3) is 0 Å². The van der Waals surface area contributed by atoms with Crippen LogP contribution in [0.3, 0.4) is 0 Å². The molecule has 0 aromatic heterocycles. The second-order valence-electron chi connectivity index (χ2n) is 5.32. The molecule has 0 spiro atoms. The number of rotatable bonds is 5. The van der Waals surface area contributed by atoms with E-state index in [0.29, 0.717) is 12.2 Å². The van der Waals surface area contributed by atoms with Crippen LogP contribution in [0, 0.1) is 11.8 Å². The molecule has 0 bridgehead atoms. The average Bonchev–Trinajstić information content (AvgIpc) is 2.34. The first kappa shape index (κ1) is 14.7. The van der Waals surface area contributed by atoms with E-state index >= 15 is 0 Å². The van der Waals surface area contributed by atoms with E-state index in [9.17, 15) is 9.59 Å². The zero-order valence-electron chi connectivity index (χ0n) is 11.3. The Balaban J connectivity index is 2.65. The van der Waals surface area contributed by atoms with E-state index in [1.807, 2.05) is 13.8 Å². The molecule has 0 radical (unpaired) electrons. The number of nitrogens with two attached hydrogens (primary N) is 1. The van der Waals surface area contributed by atoms with Crippen LogP contribution in [0.1, 0.15) is 46.0 Å². The molecule has 1 saturated carbocycles. The third-order valence-electron chi connectivity index (χ3n) is 3.16. The van der Waals surface area contributed by atoms with Crippen molar-refractivity contribution in [2.75, 3.05) is 6.61 Å². The SMILES string of the molecule is CC(C)COC(=O)/C=C(\C(N)=O)C1CCCCC1. The van der Waals surface area contributed by atoms with Crippen molar-refractivity contribution >= 4 is 11.9 Å². The Morgan fingerprint density at radius 1 is 1.28 bits per heavy atom. The van der Waals surface area contributed by atoms with Crippen molar-refractivity contribution in [1.29, 1.82) is 0 Å². The minimum Gasteiger partial charge on any atom is -0.462 e. The highest BCUT2D eigenvalue weighted by atomic mass is 16.5. The summed E-state index contributed by atoms with van der Waals surface area (Å²) in [6.45, 7) is 4.30. The maximum absolute atomic E-state index is 11.6. The van der Waals surface area contributed by atoms with Crippen LogP contribution in [0.4, 0.5) is 0 Å². The number of ether oxygens (including phenoxy) is 1. The second kappa shape index (κ2) is 7.19. The van der Waals surface area contributed by atoms with Crippen LogP contribution in [0.2, 0.25) is 0 Å². The molecule has 0 heterocycles. The van der Waals surface area contributed by atoms with Crippen LogP contribution in [-0.2, 0) is 14.3 Å². The van der Waals surface area contributed by atoms with E-state index in [1.165, 1.54) is 12.5 Å². The molecule has 18 heavy (non-hydrogen) atoms. The van der Waals surface area contributed by atoms with Crippen LogP contribution >= 0.6 is 0 Å². The van der Waals surface area contributed by atoms with Gasteiger partial charge in [0.05, 0.1) is 6.61 Å². The molecule has 2 N–H and O–H groups in total. The first-order valence-electron chi connectivity index (χ1n) is 6.69. The van der Waals surface area contributed by atoms with E-state index in [0.717, 1.165) is 25.7 Å². The van der Waals surface area contributed by atoms with Gasteiger partial charge in [0.25, 0.3) is 0 Å². The molecule has 4 heteroatoms. The summed E-state index contributed by atoms with van der Waals surface area (Å²) in [5.41, 5.74) is 5.79. The highest BCUT2D eigenvalue weighted by Gasteiger charge is 2.22. The summed E-state index contributed by atoms with van der Waals surface area (Å²) in [6, 6.07) is 0. The molecule has 102 valence electrons. The second-order valence-corrected chi connectivity index (χ2v) is 5.32. The fourth-order valence-electron chi connectivity index (χ4n) is 2.22. The maximum atomic E-state index is 11.6. The van der Waals surface area contributed by atoms with Crippen LogP contribution in [0.15, 0.2) is 11.6 Å². The van der Waals surface area contributed by atoms with Crippen molar-refractivity contribution in [1.82, 2.24) is 0 Å². The van der Waals surface area contributed by atoms with Gasteiger partial charge in [-0.15, -0.1) is 0 Å². The molecule has 0 aromatic carbocycles. The number of primary amides is 1. The van der Waals surface area contributed by atoms with Crippen molar-refractivity contribution in [2.24, 2.45) is 17.6 Å². The van der Waals surface area contributed by atoms with E-state index in [1.54, 1.807) is 0 Å². The molecule has 0 aromatic rings. The quantitative estimate of drug-likeness (QED) is 0.603. The smallest absolute Gasteiger partial charge is 0.331 e. The lowest BCUT2D eigenvalue weighted by molar-refractivity contribution is -0.139. The summed E-state index contributed by atoms with van der Waals surface area (Å²) in [7, 11) is 0. The summed E-state index contributed by atoms with van der Waals surface area (Å²) in [4.78, 5) is 23.0. The topological polar surface area (TPSA) is 69.4 Å². The Kier molecular flexibility index (Phi) is 5.89. The molecular weight excluding hydrogens is 230 g/mol. The van der Waals surface area contributed by atoms with Crippen molar-refractivity contribution in [3.05, 3.63) is 11.6 Å². The first-order valence-corrected chi connectivity index (χ1v) is 6.69. The van der Waals surface area contributed by atoms with Crippen LogP contribution in [0.5, 0.6) is 0 Å². The number of esters is 1. The largest absolute Gasteiger partial charge is 0.462 e. The molecule has 4 nitrogen and oxygen atoms in total. The number of amides is 1. The zero-order chi connectivity index (χ0) is 13.5. The molecule has 1 fully saturated rings. The number of hydrogen-bond donors (Lipinski definition) is 1. The molecule has 1 aliphatic carbocycles. The first-order chi connectivity index (χ1) is 8.50. The highest BCUT2D eigenvalue weighted by molar-refractivity contribution is 5.98. The predicted molar refractivity (Wildman–Crippen MR) is 69.6 cm³/mol. The molecule has 1 aliphatic rings. The third kappa shape index (κ3) is 4.90. The zero-order valence-corrected chi connectivity index (χ0v) is 11.3. The van der Waals surface area contributed by atoms with Gasteiger partial charge in [0.1, 0.15) is 0 Å². The normalized spacial score (nSPS) is 17.8. The number of carbonyl (C=O) groups excluding carboxylic acids is 2. The summed E-state index contributed by atoms with van der Waals surface area (Å²) in [5, 5.41) is 0. The summed E-state index contributed by atoms with van der Waals surface area (Å²) >= 11 is 0. The van der Waals surface area contributed by atoms with E-state index in [2.05, 4.69) is 0 Å². The van der Waals surface area contributed by atoms with Gasteiger partial charge in [0.2, 0.25) is 5.91 Å². The molecule has 1 rings (SSSR count). The molecular formula is C14H23NO3. The Hall–Kier alpha value is -1.32. The summed E-state index contributed by atoms with van der Waals surface area (Å²) in [5.74, 6) is -0.539. The highest BCUT2D eigenvalue weighted by Crippen LogP contribution is 2.29. The van der Waals surface area contributed by atoms with Crippen LogP contribution < -0.4 is 5.73 Å². The fourth-order valence-corrected chi connectivity index (χ4v) is 2.22. The van der Waals surface area contributed by atoms with E-state index in [-0.39, 0.29) is 11.8 Å². The van der Waals surface area contributed by atoms with Crippen molar-refractivity contribution in [3.8, 4) is 0 Å². The third-order valence-corrected chi connectivity index (χ3v) is 3.16. The Bertz CT molecular complexity index is 328. The monoisotopic (exact) mass is 253 g/mol. The van der Waals surface area contributed by atoms with Gasteiger partial charge in [-0.3, -0.25) is 4.79 Å². The van der Waals surface area contributed by atoms with Crippen LogP contribution in [-0.4, -0.2) is 18.5 Å². The predicted octanol–water partition coefficient (Wildman–Crippen LogP) is 2.18. The minimum absolute atomic E-state index is 0.128. The van der Waals surface area contributed by atoms with Gasteiger partial charge in [-0.05, 0) is 24.7 Å². The number of hydrogen-bond acceptors (Lipinski definition) is 3. The fraction of sp³-hybridized carbons (Fsp3) is 0.714. The van der Waals surface area contributed by atoms with Crippen molar-refractivity contribution in [3.63, 3.8) is 0 Å². The molecule has 0 unspecified atom stereocenters. The lowest BCUT2D eigenvalue weighted by atomic mass is 9.83. The van der Waals surface area contributed by atoms with Crippen molar-refractivity contribution < 1.29 is 14.3 Å². The van der Waals surface area contributed by atoms with Gasteiger partial charge in [-0.25, -0.2) is 4.79 Å². The van der Waals surface area contributed by atoms with Gasteiger partial charge in [0, 0.05) is 11.6 Å². The van der Waals surface area contributed by atoms with Gasteiger partial charge in [0.15, 0.2) is 0 Å². The van der Waals surface area contributed by atoms with Gasteiger partial charge >= 0.3 is 5.97 Å². The minimum atomic E-state index is -0.497. The van der Waals surface area contributed by atoms with E-state index < -0.39 is 11.9 Å². The van der Waals surface area contributed by atoms with E-state index in [4.69, 9.17) is 10.5 Å². The Morgan fingerprint density at radius 3 is 2.39 bits per heavy atom. The molecule has 0 saturated heterocycles. The average molecular weight is 253 g/mol. The Labute approximate surface area is 109 Å².